The first-order valence-corrected chi connectivity index (χ1v) is 4.57. The highest BCUT2D eigenvalue weighted by molar-refractivity contribution is 7.16. The molecular formula is C7H17BP. The first-order chi connectivity index (χ1) is 4.26. The van der Waals surface area contributed by atoms with Gasteiger partial charge in [-0.25, -0.2) is 0 Å². The Morgan fingerprint density at radius 1 is 1.56 bits per heavy atom. The van der Waals surface area contributed by atoms with Gasteiger partial charge in [-0.05, 0) is 12.1 Å². The molecule has 9 heavy (non-hydrogen) atoms. The molecule has 0 aromatic heterocycles. The molecule has 53 valence electrons. The lowest BCUT2D eigenvalue weighted by Crippen LogP contribution is -2.10. The standard InChI is InChI=1S/C7H17BP/c1-4-7(8-3)6(2)5-9/h6-7H,4-5,9H2,1-3H3/t6-,7+/m0/s1. The lowest BCUT2D eigenvalue weighted by Gasteiger charge is -2.18. The first-order valence-electron chi connectivity index (χ1n) is 3.75. The molecule has 0 N–H and O–H groups in total. The summed E-state index contributed by atoms with van der Waals surface area (Å²) in [6.07, 6.45) is 2.51. The molecule has 0 spiro atoms. The van der Waals surface area contributed by atoms with Gasteiger partial charge in [0.2, 0.25) is 0 Å². The van der Waals surface area contributed by atoms with Crippen LogP contribution in [0.2, 0.25) is 12.6 Å². The zero-order valence-electron chi connectivity index (χ0n) is 6.72. The fraction of sp³-hybridized carbons (Fsp3) is 1.00. The Hall–Kier alpha value is 0.495. The molecule has 1 unspecified atom stereocenters. The summed E-state index contributed by atoms with van der Waals surface area (Å²) in [4.78, 5) is 0. The van der Waals surface area contributed by atoms with E-state index in [1.54, 1.807) is 0 Å². The van der Waals surface area contributed by atoms with E-state index in [1.807, 2.05) is 0 Å². The molecule has 0 aliphatic carbocycles. The molecule has 0 aromatic carbocycles. The van der Waals surface area contributed by atoms with Crippen LogP contribution in [0.5, 0.6) is 0 Å². The van der Waals surface area contributed by atoms with Gasteiger partial charge in [0.05, 0.1) is 0 Å². The second-order valence-electron chi connectivity index (χ2n) is 2.62. The van der Waals surface area contributed by atoms with E-state index >= 15 is 0 Å². The Morgan fingerprint density at radius 3 is 2.22 bits per heavy atom. The summed E-state index contributed by atoms with van der Waals surface area (Å²) in [5, 5.41) is 0. The molecule has 0 amide bonds. The van der Waals surface area contributed by atoms with E-state index in [-0.39, 0.29) is 0 Å². The SMILES string of the molecule is C[B][C@H](CC)[C@@H](C)CP. The summed E-state index contributed by atoms with van der Waals surface area (Å²) < 4.78 is 0. The molecule has 2 heteroatoms. The van der Waals surface area contributed by atoms with E-state index < -0.39 is 0 Å². The molecule has 0 rings (SSSR count). The summed E-state index contributed by atoms with van der Waals surface area (Å²) in [5.74, 6) is 1.66. The van der Waals surface area contributed by atoms with Gasteiger partial charge in [-0.1, -0.05) is 32.9 Å². The lowest BCUT2D eigenvalue weighted by molar-refractivity contribution is 0.579. The highest BCUT2D eigenvalue weighted by Crippen LogP contribution is 2.22. The topological polar surface area (TPSA) is 0 Å². The van der Waals surface area contributed by atoms with Crippen molar-refractivity contribution in [3.63, 3.8) is 0 Å². The van der Waals surface area contributed by atoms with Crippen molar-refractivity contribution in [2.45, 2.75) is 32.9 Å². The Bertz CT molecular complexity index is 61.9. The van der Waals surface area contributed by atoms with Crippen LogP contribution in [0, 0.1) is 5.92 Å². The number of rotatable bonds is 4. The van der Waals surface area contributed by atoms with Crippen LogP contribution in [-0.2, 0) is 0 Å². The van der Waals surface area contributed by atoms with Crippen LogP contribution in [0.25, 0.3) is 0 Å². The van der Waals surface area contributed by atoms with Gasteiger partial charge in [-0.2, -0.15) is 0 Å². The summed E-state index contributed by atoms with van der Waals surface area (Å²) in [6, 6.07) is 0. The van der Waals surface area contributed by atoms with E-state index in [9.17, 15) is 0 Å². The van der Waals surface area contributed by atoms with E-state index in [4.69, 9.17) is 0 Å². The van der Waals surface area contributed by atoms with Gasteiger partial charge in [0.1, 0.15) is 7.28 Å². The monoisotopic (exact) mass is 143 g/mol. The van der Waals surface area contributed by atoms with E-state index in [0.29, 0.717) is 0 Å². The maximum atomic E-state index is 2.80. The molecule has 0 heterocycles. The van der Waals surface area contributed by atoms with Gasteiger partial charge in [0.25, 0.3) is 0 Å². The molecule has 0 saturated carbocycles. The van der Waals surface area contributed by atoms with Crippen molar-refractivity contribution in [2.75, 3.05) is 6.16 Å². The molecule has 0 aromatic rings. The van der Waals surface area contributed by atoms with Gasteiger partial charge in [-0.3, -0.25) is 0 Å². The fourth-order valence-electron chi connectivity index (χ4n) is 1.14. The third kappa shape index (κ3) is 3.25. The molecule has 1 radical (unpaired) electrons. The first kappa shape index (κ1) is 9.49. The molecule has 0 aliphatic heterocycles. The fourth-order valence-corrected chi connectivity index (χ4v) is 1.49. The van der Waals surface area contributed by atoms with Crippen LogP contribution in [-0.4, -0.2) is 13.4 Å². The van der Waals surface area contributed by atoms with Crippen molar-refractivity contribution in [3.8, 4) is 0 Å². The van der Waals surface area contributed by atoms with Crippen LogP contribution in [0.1, 0.15) is 20.3 Å². The minimum absolute atomic E-state index is 0.822. The highest BCUT2D eigenvalue weighted by atomic mass is 31.0. The quantitative estimate of drug-likeness (QED) is 0.418. The minimum Gasteiger partial charge on any atom is -0.137 e. The minimum atomic E-state index is 0.822. The van der Waals surface area contributed by atoms with Crippen LogP contribution >= 0.6 is 9.24 Å². The Labute approximate surface area is 62.2 Å². The maximum Gasteiger partial charge on any atom is 0.110 e. The second-order valence-corrected chi connectivity index (χ2v) is 3.09. The second kappa shape index (κ2) is 5.29. The Morgan fingerprint density at radius 2 is 2.11 bits per heavy atom. The number of hydrogen-bond donors (Lipinski definition) is 0. The van der Waals surface area contributed by atoms with E-state index in [2.05, 4.69) is 37.2 Å². The Balaban J connectivity index is 3.50. The van der Waals surface area contributed by atoms with Gasteiger partial charge >= 0.3 is 0 Å². The third-order valence-corrected chi connectivity index (χ3v) is 2.75. The summed E-state index contributed by atoms with van der Waals surface area (Å²) in [7, 11) is 5.12. The van der Waals surface area contributed by atoms with Crippen LogP contribution < -0.4 is 0 Å². The van der Waals surface area contributed by atoms with Crippen molar-refractivity contribution in [1.82, 2.24) is 0 Å². The van der Waals surface area contributed by atoms with Crippen molar-refractivity contribution < 1.29 is 0 Å². The molecule has 0 saturated heterocycles. The van der Waals surface area contributed by atoms with E-state index in [0.717, 1.165) is 11.7 Å². The maximum absolute atomic E-state index is 2.80. The van der Waals surface area contributed by atoms with Gasteiger partial charge < -0.3 is 0 Å². The average molecular weight is 143 g/mol. The summed E-state index contributed by atoms with van der Waals surface area (Å²) >= 11 is 0. The predicted molar refractivity (Wildman–Crippen MR) is 49.4 cm³/mol. The van der Waals surface area contributed by atoms with Crippen molar-refractivity contribution >= 4 is 16.5 Å². The molecule has 0 nitrogen and oxygen atoms in total. The van der Waals surface area contributed by atoms with Gasteiger partial charge in [-0.15, -0.1) is 9.24 Å². The van der Waals surface area contributed by atoms with Gasteiger partial charge in [0, 0.05) is 0 Å². The average Bonchev–Trinajstić information content (AvgIpc) is 1.90. The van der Waals surface area contributed by atoms with Crippen molar-refractivity contribution in [3.05, 3.63) is 0 Å². The Kier molecular flexibility index (Phi) is 5.58. The molecule has 0 bridgehead atoms. The third-order valence-electron chi connectivity index (χ3n) is 2.00. The van der Waals surface area contributed by atoms with Crippen LogP contribution in [0.15, 0.2) is 0 Å². The van der Waals surface area contributed by atoms with Crippen molar-refractivity contribution in [2.24, 2.45) is 5.92 Å². The highest BCUT2D eigenvalue weighted by Gasteiger charge is 2.10. The lowest BCUT2D eigenvalue weighted by atomic mass is 9.61. The van der Waals surface area contributed by atoms with E-state index in [1.165, 1.54) is 12.6 Å². The van der Waals surface area contributed by atoms with Crippen LogP contribution in [0.4, 0.5) is 0 Å². The zero-order chi connectivity index (χ0) is 7.28. The van der Waals surface area contributed by atoms with Crippen LogP contribution in [0.3, 0.4) is 0 Å². The summed E-state index contributed by atoms with van der Waals surface area (Å²) in [5.41, 5.74) is 0. The van der Waals surface area contributed by atoms with Gasteiger partial charge in [0.15, 0.2) is 0 Å². The number of hydrogen-bond acceptors (Lipinski definition) is 0. The molecule has 0 fully saturated rings. The molecular weight excluding hydrogens is 126 g/mol. The smallest absolute Gasteiger partial charge is 0.110 e. The predicted octanol–water partition coefficient (Wildman–Crippen LogP) is 2.45. The molecule has 3 atom stereocenters. The summed E-state index contributed by atoms with van der Waals surface area (Å²) in [6.45, 7) is 6.72. The van der Waals surface area contributed by atoms with Crippen molar-refractivity contribution in [1.29, 1.82) is 0 Å². The largest absolute Gasteiger partial charge is 0.137 e. The molecule has 0 aliphatic rings. The zero-order valence-corrected chi connectivity index (χ0v) is 7.88. The normalized spacial score (nSPS) is 16.9.